The van der Waals surface area contributed by atoms with Crippen LogP contribution in [-0.4, -0.2) is 67.4 Å². The molecule has 0 aliphatic carbocycles. The first-order valence-corrected chi connectivity index (χ1v) is 8.62. The number of aryl methyl sites for hydroxylation is 1. The molecule has 1 unspecified atom stereocenters. The Balaban J connectivity index is 1.61. The normalized spacial score (nSPS) is 20.4. The number of β-amino-alcohol motifs (C(OH)–C–C–N with tert-alkyl or cyclic N) is 1. The van der Waals surface area contributed by atoms with Gasteiger partial charge in [-0.2, -0.15) is 5.10 Å². The molecule has 1 fully saturated rings. The van der Waals surface area contributed by atoms with E-state index in [1.165, 1.54) is 5.56 Å². The summed E-state index contributed by atoms with van der Waals surface area (Å²) >= 11 is 0. The summed E-state index contributed by atoms with van der Waals surface area (Å²) in [6.45, 7) is 5.11. The van der Waals surface area contributed by atoms with Crippen molar-refractivity contribution in [3.63, 3.8) is 0 Å². The summed E-state index contributed by atoms with van der Waals surface area (Å²) in [4.78, 5) is 20.4. The molecular formula is C18H25N5O2. The SMILES string of the molecule is CCN(Cc1ccncc1)CC1(O)CCN(C(=O)c2ccn(C)n2)C1. The second-order valence-electron chi connectivity index (χ2n) is 6.73. The Morgan fingerprint density at radius 3 is 2.76 bits per heavy atom. The third kappa shape index (κ3) is 4.24. The van der Waals surface area contributed by atoms with Gasteiger partial charge in [0.25, 0.3) is 5.91 Å². The first kappa shape index (κ1) is 17.6. The van der Waals surface area contributed by atoms with Crippen molar-refractivity contribution in [2.75, 3.05) is 26.2 Å². The molecule has 1 saturated heterocycles. The van der Waals surface area contributed by atoms with Crippen molar-refractivity contribution in [1.29, 1.82) is 0 Å². The van der Waals surface area contributed by atoms with E-state index in [1.807, 2.05) is 12.1 Å². The van der Waals surface area contributed by atoms with E-state index in [0.717, 1.165) is 13.1 Å². The summed E-state index contributed by atoms with van der Waals surface area (Å²) < 4.78 is 1.61. The van der Waals surface area contributed by atoms with E-state index < -0.39 is 5.60 Å². The average Bonchev–Trinajstić information content (AvgIpc) is 3.21. The maximum atomic E-state index is 12.5. The number of amides is 1. The summed E-state index contributed by atoms with van der Waals surface area (Å²) in [5.41, 5.74) is 0.712. The summed E-state index contributed by atoms with van der Waals surface area (Å²) in [6.07, 6.45) is 5.89. The average molecular weight is 343 g/mol. The van der Waals surface area contributed by atoms with Crippen LogP contribution in [0.25, 0.3) is 0 Å². The van der Waals surface area contributed by atoms with Gasteiger partial charge in [0, 0.05) is 45.3 Å². The topological polar surface area (TPSA) is 74.5 Å². The van der Waals surface area contributed by atoms with Crippen LogP contribution in [0.15, 0.2) is 36.8 Å². The Hall–Kier alpha value is -2.25. The number of likely N-dealkylation sites (tertiary alicyclic amines) is 1. The molecule has 0 aromatic carbocycles. The summed E-state index contributed by atoms with van der Waals surface area (Å²) in [6, 6.07) is 5.68. The number of nitrogens with zero attached hydrogens (tertiary/aromatic N) is 5. The highest BCUT2D eigenvalue weighted by molar-refractivity contribution is 5.92. The minimum absolute atomic E-state index is 0.117. The summed E-state index contributed by atoms with van der Waals surface area (Å²) in [5.74, 6) is -0.117. The van der Waals surface area contributed by atoms with Gasteiger partial charge in [-0.3, -0.25) is 19.4 Å². The Morgan fingerprint density at radius 2 is 2.12 bits per heavy atom. The third-order valence-corrected chi connectivity index (χ3v) is 4.67. The lowest BCUT2D eigenvalue weighted by Gasteiger charge is -2.30. The quantitative estimate of drug-likeness (QED) is 0.844. The molecule has 7 heteroatoms. The largest absolute Gasteiger partial charge is 0.387 e. The molecule has 7 nitrogen and oxygen atoms in total. The first-order chi connectivity index (χ1) is 12.0. The molecule has 1 N–H and O–H groups in total. The number of rotatable bonds is 6. The van der Waals surface area contributed by atoms with Gasteiger partial charge < -0.3 is 10.0 Å². The molecule has 1 atom stereocenters. The van der Waals surface area contributed by atoms with Crippen molar-refractivity contribution in [3.05, 3.63) is 48.0 Å². The van der Waals surface area contributed by atoms with Gasteiger partial charge >= 0.3 is 0 Å². The number of aromatic nitrogens is 3. The molecule has 3 heterocycles. The van der Waals surface area contributed by atoms with Gasteiger partial charge in [0.05, 0.1) is 12.1 Å². The molecule has 2 aromatic rings. The van der Waals surface area contributed by atoms with Crippen molar-refractivity contribution in [2.24, 2.45) is 7.05 Å². The molecule has 2 aromatic heterocycles. The van der Waals surface area contributed by atoms with E-state index in [0.29, 0.717) is 31.7 Å². The Kier molecular flexibility index (Phi) is 5.15. The molecule has 3 rings (SSSR count). The maximum absolute atomic E-state index is 12.5. The van der Waals surface area contributed by atoms with Crippen LogP contribution in [0.3, 0.4) is 0 Å². The van der Waals surface area contributed by atoms with Gasteiger partial charge in [-0.25, -0.2) is 0 Å². The van der Waals surface area contributed by atoms with E-state index in [4.69, 9.17) is 0 Å². The minimum atomic E-state index is -0.881. The molecule has 1 aliphatic heterocycles. The molecule has 0 saturated carbocycles. The molecule has 134 valence electrons. The van der Waals surface area contributed by atoms with Crippen LogP contribution in [0.1, 0.15) is 29.4 Å². The van der Waals surface area contributed by atoms with Crippen molar-refractivity contribution in [2.45, 2.75) is 25.5 Å². The number of hydrogen-bond donors (Lipinski definition) is 1. The highest BCUT2D eigenvalue weighted by Gasteiger charge is 2.39. The molecule has 0 spiro atoms. The van der Waals surface area contributed by atoms with Crippen molar-refractivity contribution in [3.8, 4) is 0 Å². The highest BCUT2D eigenvalue weighted by Crippen LogP contribution is 2.24. The van der Waals surface area contributed by atoms with Crippen LogP contribution < -0.4 is 0 Å². The number of carbonyl (C=O) groups excluding carboxylic acids is 1. The smallest absolute Gasteiger partial charge is 0.274 e. The fraction of sp³-hybridized carbons (Fsp3) is 0.500. The standard InChI is InChI=1S/C18H25N5O2/c1-3-22(12-15-4-8-19-9-5-15)13-18(25)7-11-23(14-18)17(24)16-6-10-21(2)20-16/h4-6,8-10,25H,3,7,11-14H2,1-2H3. The Labute approximate surface area is 147 Å². The molecule has 1 amide bonds. The van der Waals surface area contributed by atoms with Gasteiger partial charge in [-0.15, -0.1) is 0 Å². The van der Waals surface area contributed by atoms with Gasteiger partial charge in [-0.1, -0.05) is 6.92 Å². The zero-order chi connectivity index (χ0) is 17.9. The molecular weight excluding hydrogens is 318 g/mol. The maximum Gasteiger partial charge on any atom is 0.274 e. The van der Waals surface area contributed by atoms with Crippen molar-refractivity contribution < 1.29 is 9.90 Å². The number of carbonyl (C=O) groups is 1. The van der Waals surface area contributed by atoms with Crippen LogP contribution in [-0.2, 0) is 13.6 Å². The minimum Gasteiger partial charge on any atom is -0.387 e. The van der Waals surface area contributed by atoms with Crippen molar-refractivity contribution >= 4 is 5.91 Å². The number of likely N-dealkylation sites (N-methyl/N-ethyl adjacent to an activating group) is 1. The van der Waals surface area contributed by atoms with Crippen molar-refractivity contribution in [1.82, 2.24) is 24.6 Å². The molecule has 0 bridgehead atoms. The predicted molar refractivity (Wildman–Crippen MR) is 93.9 cm³/mol. The molecule has 1 aliphatic rings. The fourth-order valence-corrected chi connectivity index (χ4v) is 3.29. The third-order valence-electron chi connectivity index (χ3n) is 4.67. The zero-order valence-corrected chi connectivity index (χ0v) is 14.8. The number of pyridine rings is 1. The summed E-state index contributed by atoms with van der Waals surface area (Å²) in [5, 5.41) is 15.1. The first-order valence-electron chi connectivity index (χ1n) is 8.62. The second-order valence-corrected chi connectivity index (χ2v) is 6.73. The van der Waals surface area contributed by atoms with E-state index in [2.05, 4.69) is 21.9 Å². The van der Waals surface area contributed by atoms with Gasteiger partial charge in [-0.05, 0) is 36.7 Å². The van der Waals surface area contributed by atoms with Gasteiger partial charge in [0.1, 0.15) is 5.69 Å². The fourth-order valence-electron chi connectivity index (χ4n) is 3.29. The lowest BCUT2D eigenvalue weighted by atomic mass is 10.0. The number of aliphatic hydroxyl groups is 1. The Bertz CT molecular complexity index is 717. The second kappa shape index (κ2) is 7.33. The van der Waals surface area contributed by atoms with E-state index in [1.54, 1.807) is 41.3 Å². The highest BCUT2D eigenvalue weighted by atomic mass is 16.3. The van der Waals surface area contributed by atoms with Crippen LogP contribution in [0, 0.1) is 0 Å². The zero-order valence-electron chi connectivity index (χ0n) is 14.8. The van der Waals surface area contributed by atoms with Gasteiger partial charge in [0.15, 0.2) is 0 Å². The van der Waals surface area contributed by atoms with Crippen LogP contribution in [0.4, 0.5) is 0 Å². The Morgan fingerprint density at radius 1 is 1.36 bits per heavy atom. The molecule has 25 heavy (non-hydrogen) atoms. The van der Waals surface area contributed by atoms with Gasteiger partial charge in [0.2, 0.25) is 0 Å². The predicted octanol–water partition coefficient (Wildman–Crippen LogP) is 0.914. The lowest BCUT2D eigenvalue weighted by Crippen LogP contribution is -2.45. The van der Waals surface area contributed by atoms with Crippen LogP contribution >= 0.6 is 0 Å². The molecule has 0 radical (unpaired) electrons. The number of hydrogen-bond acceptors (Lipinski definition) is 5. The van der Waals surface area contributed by atoms with E-state index in [9.17, 15) is 9.90 Å². The van der Waals surface area contributed by atoms with Crippen LogP contribution in [0.5, 0.6) is 0 Å². The van der Waals surface area contributed by atoms with E-state index in [-0.39, 0.29) is 5.91 Å². The summed E-state index contributed by atoms with van der Waals surface area (Å²) in [7, 11) is 1.79. The lowest BCUT2D eigenvalue weighted by molar-refractivity contribution is 0.0107. The monoisotopic (exact) mass is 343 g/mol. The van der Waals surface area contributed by atoms with E-state index >= 15 is 0 Å². The van der Waals surface area contributed by atoms with Crippen LogP contribution in [0.2, 0.25) is 0 Å².